The van der Waals surface area contributed by atoms with Crippen LogP contribution in [-0.2, 0) is 4.79 Å². The molecule has 3 heterocycles. The van der Waals surface area contributed by atoms with Crippen LogP contribution < -0.4 is 24.6 Å². The van der Waals surface area contributed by atoms with E-state index in [0.717, 1.165) is 37.6 Å². The zero-order valence-corrected chi connectivity index (χ0v) is 18.6. The summed E-state index contributed by atoms with van der Waals surface area (Å²) in [6, 6.07) is 11.4. The van der Waals surface area contributed by atoms with Gasteiger partial charge in [0.05, 0.1) is 32.3 Å². The first-order valence-electron chi connectivity index (χ1n) is 10.6. The van der Waals surface area contributed by atoms with Gasteiger partial charge >= 0.3 is 0 Å². The van der Waals surface area contributed by atoms with Gasteiger partial charge in [0.25, 0.3) is 0 Å². The van der Waals surface area contributed by atoms with Crippen LogP contribution in [0.2, 0.25) is 0 Å². The molecule has 33 heavy (non-hydrogen) atoms. The smallest absolute Gasteiger partial charge is 0.248 e. The molecular weight excluding hydrogens is 420 g/mol. The lowest BCUT2D eigenvalue weighted by Crippen LogP contribution is -2.47. The summed E-state index contributed by atoms with van der Waals surface area (Å²) in [5, 5.41) is 2.78. The van der Waals surface area contributed by atoms with Gasteiger partial charge in [-0.2, -0.15) is 0 Å². The summed E-state index contributed by atoms with van der Waals surface area (Å²) < 4.78 is 10.5. The first-order chi connectivity index (χ1) is 16.2. The van der Waals surface area contributed by atoms with Crippen molar-refractivity contribution in [2.24, 2.45) is 0 Å². The molecule has 2 aromatic heterocycles. The molecule has 1 aliphatic heterocycles. The van der Waals surface area contributed by atoms with Crippen LogP contribution in [0.3, 0.4) is 0 Å². The number of piperazine rings is 1. The van der Waals surface area contributed by atoms with E-state index in [2.05, 4.69) is 30.1 Å². The second-order valence-electron chi connectivity index (χ2n) is 7.37. The summed E-state index contributed by atoms with van der Waals surface area (Å²) in [4.78, 5) is 29.9. The maximum atomic E-state index is 12.3. The minimum atomic E-state index is -0.273. The molecule has 4 rings (SSSR count). The zero-order chi connectivity index (χ0) is 23.0. The topological polar surface area (TPSA) is 92.7 Å². The number of anilines is 3. The number of pyridine rings is 1. The lowest BCUT2D eigenvalue weighted by Gasteiger charge is -2.35. The Morgan fingerprint density at radius 2 is 1.67 bits per heavy atom. The Morgan fingerprint density at radius 1 is 0.939 bits per heavy atom. The van der Waals surface area contributed by atoms with E-state index in [0.29, 0.717) is 23.1 Å². The monoisotopic (exact) mass is 446 g/mol. The van der Waals surface area contributed by atoms with Crippen LogP contribution in [0.1, 0.15) is 5.56 Å². The van der Waals surface area contributed by atoms with Crippen LogP contribution in [0.25, 0.3) is 6.08 Å². The van der Waals surface area contributed by atoms with Gasteiger partial charge in [0.15, 0.2) is 11.5 Å². The Morgan fingerprint density at radius 3 is 2.33 bits per heavy atom. The molecule has 0 aliphatic carbocycles. The van der Waals surface area contributed by atoms with Gasteiger partial charge in [-0.1, -0.05) is 12.1 Å². The van der Waals surface area contributed by atoms with Crippen LogP contribution >= 0.6 is 0 Å². The van der Waals surface area contributed by atoms with Crippen LogP contribution in [0, 0.1) is 0 Å². The van der Waals surface area contributed by atoms with Crippen molar-refractivity contribution in [1.82, 2.24) is 15.0 Å². The molecule has 170 valence electrons. The third-order valence-electron chi connectivity index (χ3n) is 5.28. The summed E-state index contributed by atoms with van der Waals surface area (Å²) in [7, 11) is 3.15. The first kappa shape index (κ1) is 22.1. The first-order valence-corrected chi connectivity index (χ1v) is 10.6. The molecule has 0 radical (unpaired) electrons. The fourth-order valence-corrected chi connectivity index (χ4v) is 3.54. The fraction of sp³-hybridized carbons (Fsp3) is 0.250. The summed E-state index contributed by atoms with van der Waals surface area (Å²) in [6.07, 6.45) is 8.20. The Kier molecular flexibility index (Phi) is 6.99. The average molecular weight is 447 g/mol. The minimum absolute atomic E-state index is 0.273. The minimum Gasteiger partial charge on any atom is -0.493 e. The highest BCUT2D eigenvalue weighted by atomic mass is 16.5. The molecule has 1 aromatic carbocycles. The Balaban J connectivity index is 1.30. The Labute approximate surface area is 192 Å². The van der Waals surface area contributed by atoms with Crippen LogP contribution in [-0.4, -0.2) is 61.3 Å². The Bertz CT molecular complexity index is 1100. The molecule has 1 aliphatic rings. The van der Waals surface area contributed by atoms with Crippen molar-refractivity contribution in [3.05, 3.63) is 66.6 Å². The maximum Gasteiger partial charge on any atom is 0.248 e. The second-order valence-corrected chi connectivity index (χ2v) is 7.37. The van der Waals surface area contributed by atoms with E-state index in [1.165, 1.54) is 6.08 Å². The average Bonchev–Trinajstić information content (AvgIpc) is 2.88. The normalized spacial score (nSPS) is 13.8. The lowest BCUT2D eigenvalue weighted by atomic mass is 10.2. The Hall–Kier alpha value is -4.14. The van der Waals surface area contributed by atoms with E-state index in [-0.39, 0.29) is 5.91 Å². The van der Waals surface area contributed by atoms with Gasteiger partial charge in [-0.05, 0) is 35.9 Å². The highest BCUT2D eigenvalue weighted by Crippen LogP contribution is 2.28. The quantitative estimate of drug-likeness (QED) is 0.554. The van der Waals surface area contributed by atoms with Gasteiger partial charge in [0.1, 0.15) is 5.82 Å². The van der Waals surface area contributed by atoms with E-state index < -0.39 is 0 Å². The fourth-order valence-electron chi connectivity index (χ4n) is 3.54. The number of nitrogens with zero attached hydrogens (tertiary/aromatic N) is 5. The number of methoxy groups -OCH3 is 2. The van der Waals surface area contributed by atoms with Crippen molar-refractivity contribution >= 4 is 29.4 Å². The summed E-state index contributed by atoms with van der Waals surface area (Å²) in [5.41, 5.74) is 1.35. The molecular formula is C24H26N6O3. The number of nitrogens with one attached hydrogen (secondary N) is 1. The van der Waals surface area contributed by atoms with Crippen molar-refractivity contribution in [2.75, 3.05) is 55.5 Å². The predicted octanol–water partition coefficient (Wildman–Crippen LogP) is 2.87. The molecule has 1 N–H and O–H groups in total. The van der Waals surface area contributed by atoms with Gasteiger partial charge in [-0.3, -0.25) is 4.79 Å². The highest BCUT2D eigenvalue weighted by Gasteiger charge is 2.19. The third-order valence-corrected chi connectivity index (χ3v) is 5.28. The number of amides is 1. The molecule has 0 saturated carbocycles. The number of ether oxygens (including phenoxy) is 2. The number of benzene rings is 1. The molecule has 0 bridgehead atoms. The van der Waals surface area contributed by atoms with Crippen molar-refractivity contribution in [1.29, 1.82) is 0 Å². The zero-order valence-electron chi connectivity index (χ0n) is 18.6. The van der Waals surface area contributed by atoms with Crippen molar-refractivity contribution in [3.8, 4) is 11.5 Å². The van der Waals surface area contributed by atoms with E-state index in [4.69, 9.17) is 9.47 Å². The van der Waals surface area contributed by atoms with E-state index >= 15 is 0 Å². The lowest BCUT2D eigenvalue weighted by molar-refractivity contribution is -0.111. The van der Waals surface area contributed by atoms with Gasteiger partial charge in [0, 0.05) is 38.5 Å². The van der Waals surface area contributed by atoms with Crippen molar-refractivity contribution < 1.29 is 14.3 Å². The van der Waals surface area contributed by atoms with Gasteiger partial charge in [0.2, 0.25) is 11.9 Å². The van der Waals surface area contributed by atoms with Crippen molar-refractivity contribution in [2.45, 2.75) is 0 Å². The maximum absolute atomic E-state index is 12.3. The number of carbonyl (C=O) groups is 1. The predicted molar refractivity (Wildman–Crippen MR) is 128 cm³/mol. The van der Waals surface area contributed by atoms with Crippen LogP contribution in [0.5, 0.6) is 11.5 Å². The standard InChI is InChI=1S/C24H26N6O3/c1-32-20-8-6-18(15-21(20)33-2)7-9-23(31)28-19-16-26-24(27-17-19)30-13-11-29(12-14-30)22-5-3-4-10-25-22/h3-10,15-17H,11-14H2,1-2H3,(H,28,31)/b9-7+. The molecule has 1 saturated heterocycles. The molecule has 0 atom stereocenters. The highest BCUT2D eigenvalue weighted by molar-refractivity contribution is 6.01. The number of rotatable bonds is 7. The number of hydrogen-bond donors (Lipinski definition) is 1. The molecule has 9 nitrogen and oxygen atoms in total. The van der Waals surface area contributed by atoms with Crippen LogP contribution in [0.15, 0.2) is 61.1 Å². The van der Waals surface area contributed by atoms with Crippen LogP contribution in [0.4, 0.5) is 17.5 Å². The molecule has 9 heteroatoms. The largest absolute Gasteiger partial charge is 0.493 e. The SMILES string of the molecule is COc1ccc(/C=C/C(=O)Nc2cnc(N3CCN(c4ccccn4)CC3)nc2)cc1OC. The van der Waals surface area contributed by atoms with E-state index in [9.17, 15) is 4.79 Å². The van der Waals surface area contributed by atoms with E-state index in [1.807, 2.05) is 24.3 Å². The third kappa shape index (κ3) is 5.57. The molecule has 1 amide bonds. The van der Waals surface area contributed by atoms with Gasteiger partial charge in [-0.15, -0.1) is 0 Å². The van der Waals surface area contributed by atoms with E-state index in [1.54, 1.807) is 51.0 Å². The number of carbonyl (C=O) groups excluding carboxylic acids is 1. The van der Waals surface area contributed by atoms with Crippen molar-refractivity contribution in [3.63, 3.8) is 0 Å². The summed E-state index contributed by atoms with van der Waals surface area (Å²) in [6.45, 7) is 3.30. The molecule has 0 unspecified atom stereocenters. The summed E-state index contributed by atoms with van der Waals surface area (Å²) in [5.74, 6) is 2.59. The van der Waals surface area contributed by atoms with Gasteiger partial charge in [-0.25, -0.2) is 15.0 Å². The second kappa shape index (κ2) is 10.4. The summed E-state index contributed by atoms with van der Waals surface area (Å²) >= 11 is 0. The molecule has 1 fully saturated rings. The number of aromatic nitrogens is 3. The molecule has 0 spiro atoms. The number of hydrogen-bond acceptors (Lipinski definition) is 8. The molecule has 3 aromatic rings. The van der Waals surface area contributed by atoms with Gasteiger partial charge < -0.3 is 24.6 Å².